The van der Waals surface area contributed by atoms with Crippen LogP contribution in [-0.2, 0) is 11.3 Å². The molecule has 6 heteroatoms. The van der Waals surface area contributed by atoms with Gasteiger partial charge in [0, 0.05) is 44.0 Å². The molecule has 1 aromatic rings. The first-order valence-corrected chi connectivity index (χ1v) is 9.19. The fourth-order valence-corrected chi connectivity index (χ4v) is 4.40. The number of nitrogens with zero attached hydrogens (tertiary/aromatic N) is 3. The van der Waals surface area contributed by atoms with Crippen LogP contribution in [0.25, 0.3) is 0 Å². The molecule has 1 N–H and O–H groups in total. The minimum absolute atomic E-state index is 0.159. The van der Waals surface area contributed by atoms with Gasteiger partial charge in [-0.15, -0.1) is 11.3 Å². The van der Waals surface area contributed by atoms with Gasteiger partial charge in [-0.2, -0.15) is 0 Å². The topological polar surface area (TPSA) is 56.7 Å². The lowest BCUT2D eigenvalue weighted by atomic mass is 9.90. The lowest BCUT2D eigenvalue weighted by Gasteiger charge is -2.34. The average molecular weight is 323 g/mol. The minimum atomic E-state index is -0.378. The Balaban J connectivity index is 1.50. The van der Waals surface area contributed by atoms with Crippen molar-refractivity contribution in [2.75, 3.05) is 32.8 Å². The molecule has 0 unspecified atom stereocenters. The summed E-state index contributed by atoms with van der Waals surface area (Å²) in [5, 5.41) is 12.4. The maximum absolute atomic E-state index is 11.5. The monoisotopic (exact) mass is 323 g/mol. The Labute approximate surface area is 135 Å². The second-order valence-electron chi connectivity index (χ2n) is 6.33. The molecule has 1 saturated carbocycles. The van der Waals surface area contributed by atoms with Crippen molar-refractivity contribution in [2.45, 2.75) is 44.6 Å². The zero-order valence-corrected chi connectivity index (χ0v) is 13.9. The molecule has 0 aromatic carbocycles. The molecule has 1 aliphatic carbocycles. The summed E-state index contributed by atoms with van der Waals surface area (Å²) in [5.74, 6) is 0.527. The summed E-state index contributed by atoms with van der Waals surface area (Å²) in [6, 6.07) is 0. The number of hydrogen-bond donors (Lipinski definition) is 1. The van der Waals surface area contributed by atoms with Gasteiger partial charge in [0.05, 0.1) is 10.7 Å². The van der Waals surface area contributed by atoms with Crippen molar-refractivity contribution in [1.82, 2.24) is 14.8 Å². The van der Waals surface area contributed by atoms with Gasteiger partial charge in [-0.1, -0.05) is 19.3 Å². The van der Waals surface area contributed by atoms with E-state index in [1.165, 1.54) is 42.8 Å². The second-order valence-corrected chi connectivity index (χ2v) is 7.22. The van der Waals surface area contributed by atoms with Crippen LogP contribution in [-0.4, -0.2) is 58.6 Å². The molecule has 3 rings (SSSR count). The van der Waals surface area contributed by atoms with Gasteiger partial charge in [0.15, 0.2) is 0 Å². The normalized spacial score (nSPS) is 21.2. The summed E-state index contributed by atoms with van der Waals surface area (Å²) < 4.78 is 0. The van der Waals surface area contributed by atoms with Crippen LogP contribution in [0.5, 0.6) is 0 Å². The number of carbonyl (C=O) groups excluding carboxylic acids is 1. The molecule has 22 heavy (non-hydrogen) atoms. The molecule has 0 bridgehead atoms. The highest BCUT2D eigenvalue weighted by molar-refractivity contribution is 7.09. The quantitative estimate of drug-likeness (QED) is 0.918. The van der Waals surface area contributed by atoms with Crippen LogP contribution < -0.4 is 0 Å². The van der Waals surface area contributed by atoms with Gasteiger partial charge in [-0.3, -0.25) is 9.69 Å². The first-order valence-electron chi connectivity index (χ1n) is 8.31. The lowest BCUT2D eigenvalue weighted by Crippen LogP contribution is -2.49. The number of carbonyl (C=O) groups is 1. The Kier molecular flexibility index (Phi) is 5.44. The number of hydrogen-bond acceptors (Lipinski definition) is 5. The first-order chi connectivity index (χ1) is 10.8. The van der Waals surface area contributed by atoms with E-state index in [-0.39, 0.29) is 12.5 Å². The molecular formula is C16H25N3O2S. The average Bonchev–Trinajstić information content (AvgIpc) is 3.04. The van der Waals surface area contributed by atoms with Gasteiger partial charge in [-0.25, -0.2) is 4.98 Å². The van der Waals surface area contributed by atoms with Gasteiger partial charge in [0.1, 0.15) is 6.61 Å². The molecule has 1 saturated heterocycles. The van der Waals surface area contributed by atoms with Crippen molar-refractivity contribution in [1.29, 1.82) is 0 Å². The Bertz CT molecular complexity index is 491. The fourth-order valence-electron chi connectivity index (χ4n) is 3.42. The SMILES string of the molecule is O=C(CO)N1CCN(Cc2csc(C3CCCCC3)n2)CC1. The van der Waals surface area contributed by atoms with E-state index in [4.69, 9.17) is 10.1 Å². The summed E-state index contributed by atoms with van der Waals surface area (Å²) >= 11 is 1.82. The standard InChI is InChI=1S/C16H25N3O2S/c20-11-15(21)19-8-6-18(7-9-19)10-14-12-22-16(17-14)13-4-2-1-3-5-13/h12-13,20H,1-11H2. The van der Waals surface area contributed by atoms with E-state index in [1.54, 1.807) is 4.90 Å². The highest BCUT2D eigenvalue weighted by atomic mass is 32.1. The zero-order chi connectivity index (χ0) is 15.4. The van der Waals surface area contributed by atoms with Crippen LogP contribution in [0.3, 0.4) is 0 Å². The van der Waals surface area contributed by atoms with Gasteiger partial charge in [0.25, 0.3) is 0 Å². The highest BCUT2D eigenvalue weighted by Gasteiger charge is 2.22. The van der Waals surface area contributed by atoms with Crippen LogP contribution in [0, 0.1) is 0 Å². The largest absolute Gasteiger partial charge is 0.387 e. The molecule has 0 spiro atoms. The third-order valence-electron chi connectivity index (χ3n) is 4.77. The number of amides is 1. The molecule has 0 atom stereocenters. The van der Waals surface area contributed by atoms with Crippen molar-refractivity contribution in [3.05, 3.63) is 16.1 Å². The van der Waals surface area contributed by atoms with Crippen molar-refractivity contribution in [3.8, 4) is 0 Å². The Morgan fingerprint density at radius 2 is 1.95 bits per heavy atom. The zero-order valence-electron chi connectivity index (χ0n) is 13.0. The molecule has 2 aliphatic rings. The number of aliphatic hydroxyl groups is 1. The summed E-state index contributed by atoms with van der Waals surface area (Å²) in [5.41, 5.74) is 1.17. The summed E-state index contributed by atoms with van der Waals surface area (Å²) in [6.07, 6.45) is 6.68. The van der Waals surface area contributed by atoms with Gasteiger partial charge in [0.2, 0.25) is 5.91 Å². The van der Waals surface area contributed by atoms with E-state index in [1.807, 2.05) is 11.3 Å². The number of rotatable bonds is 4. The van der Waals surface area contributed by atoms with Gasteiger partial charge >= 0.3 is 0 Å². The third-order valence-corrected chi connectivity index (χ3v) is 5.83. The maximum atomic E-state index is 11.5. The molecular weight excluding hydrogens is 298 g/mol. The molecule has 2 heterocycles. The summed E-state index contributed by atoms with van der Waals surface area (Å²) in [4.78, 5) is 20.4. The predicted molar refractivity (Wildman–Crippen MR) is 86.9 cm³/mol. The number of thiazole rings is 1. The van der Waals surface area contributed by atoms with Crippen LogP contribution in [0.2, 0.25) is 0 Å². The van der Waals surface area contributed by atoms with E-state index in [2.05, 4.69) is 10.3 Å². The van der Waals surface area contributed by atoms with E-state index in [0.29, 0.717) is 19.0 Å². The van der Waals surface area contributed by atoms with Gasteiger partial charge < -0.3 is 10.0 Å². The van der Waals surface area contributed by atoms with E-state index in [9.17, 15) is 4.79 Å². The predicted octanol–water partition coefficient (Wildman–Crippen LogP) is 1.83. The Morgan fingerprint density at radius 1 is 1.23 bits per heavy atom. The molecule has 1 aliphatic heterocycles. The first kappa shape index (κ1) is 15.9. The summed E-state index contributed by atoms with van der Waals surface area (Å²) in [6.45, 7) is 3.64. The second kappa shape index (κ2) is 7.53. The Hall–Kier alpha value is -0.980. The molecule has 5 nitrogen and oxygen atoms in total. The van der Waals surface area contributed by atoms with Crippen LogP contribution in [0.1, 0.15) is 48.7 Å². The van der Waals surface area contributed by atoms with Crippen molar-refractivity contribution in [2.24, 2.45) is 0 Å². The van der Waals surface area contributed by atoms with E-state index in [0.717, 1.165) is 19.6 Å². The van der Waals surface area contributed by atoms with Crippen molar-refractivity contribution in [3.63, 3.8) is 0 Å². The van der Waals surface area contributed by atoms with E-state index >= 15 is 0 Å². The Morgan fingerprint density at radius 3 is 2.64 bits per heavy atom. The number of aromatic nitrogens is 1. The van der Waals surface area contributed by atoms with Crippen molar-refractivity contribution < 1.29 is 9.90 Å². The molecule has 122 valence electrons. The smallest absolute Gasteiger partial charge is 0.248 e. The number of piperazine rings is 1. The molecule has 1 aromatic heterocycles. The fraction of sp³-hybridized carbons (Fsp3) is 0.750. The van der Waals surface area contributed by atoms with E-state index < -0.39 is 0 Å². The van der Waals surface area contributed by atoms with Crippen molar-refractivity contribution >= 4 is 17.2 Å². The maximum Gasteiger partial charge on any atom is 0.248 e. The molecule has 0 radical (unpaired) electrons. The van der Waals surface area contributed by atoms with Gasteiger partial charge in [-0.05, 0) is 12.8 Å². The van der Waals surface area contributed by atoms with Crippen LogP contribution in [0.15, 0.2) is 5.38 Å². The lowest BCUT2D eigenvalue weighted by molar-refractivity contribution is -0.136. The molecule has 1 amide bonds. The summed E-state index contributed by atoms with van der Waals surface area (Å²) in [7, 11) is 0. The highest BCUT2D eigenvalue weighted by Crippen LogP contribution is 2.34. The number of aliphatic hydroxyl groups excluding tert-OH is 1. The van der Waals surface area contributed by atoms with Crippen LogP contribution in [0.4, 0.5) is 0 Å². The van der Waals surface area contributed by atoms with Crippen LogP contribution >= 0.6 is 11.3 Å². The minimum Gasteiger partial charge on any atom is -0.387 e. The third kappa shape index (κ3) is 3.86. The molecule has 2 fully saturated rings.